The standard InChI is InChI=1S/C13H20O/c1-5-11-6-12(10(2)9-14)8-13(3,4)7-11/h6,9H,5,7-8H2,1-4H3/b12-10-. The number of hydrogen-bond acceptors (Lipinski definition) is 1. The molecule has 0 aliphatic heterocycles. The van der Waals surface area contributed by atoms with Crippen LogP contribution < -0.4 is 0 Å². The molecule has 1 aliphatic rings. The molecule has 1 aliphatic carbocycles. The summed E-state index contributed by atoms with van der Waals surface area (Å²) in [5.41, 5.74) is 3.91. The summed E-state index contributed by atoms with van der Waals surface area (Å²) in [6, 6.07) is 0. The van der Waals surface area contributed by atoms with Crippen molar-refractivity contribution in [2.75, 3.05) is 0 Å². The molecule has 0 amide bonds. The van der Waals surface area contributed by atoms with Crippen molar-refractivity contribution in [2.24, 2.45) is 5.41 Å². The van der Waals surface area contributed by atoms with Crippen LogP contribution in [0.25, 0.3) is 0 Å². The molecule has 0 atom stereocenters. The van der Waals surface area contributed by atoms with Gasteiger partial charge in [0.15, 0.2) is 0 Å². The molecule has 0 heterocycles. The molecule has 0 spiro atoms. The Bertz CT molecular complexity index is 292. The van der Waals surface area contributed by atoms with Gasteiger partial charge in [-0.25, -0.2) is 0 Å². The molecule has 0 aromatic carbocycles. The van der Waals surface area contributed by atoms with E-state index in [9.17, 15) is 4.79 Å². The molecule has 1 rings (SSSR count). The summed E-state index contributed by atoms with van der Waals surface area (Å²) >= 11 is 0. The van der Waals surface area contributed by atoms with E-state index >= 15 is 0 Å². The topological polar surface area (TPSA) is 17.1 Å². The zero-order valence-electron chi connectivity index (χ0n) is 9.68. The van der Waals surface area contributed by atoms with Crippen LogP contribution in [0.1, 0.15) is 47.0 Å². The predicted octanol–water partition coefficient (Wildman–Crippen LogP) is 3.66. The van der Waals surface area contributed by atoms with Gasteiger partial charge in [0.1, 0.15) is 6.29 Å². The van der Waals surface area contributed by atoms with Gasteiger partial charge in [0, 0.05) is 0 Å². The van der Waals surface area contributed by atoms with Gasteiger partial charge in [-0.05, 0) is 42.7 Å². The summed E-state index contributed by atoms with van der Waals surface area (Å²) in [4.78, 5) is 10.7. The van der Waals surface area contributed by atoms with Crippen molar-refractivity contribution >= 4 is 6.29 Å². The third-order valence-corrected chi connectivity index (χ3v) is 2.89. The van der Waals surface area contributed by atoms with Crippen molar-refractivity contribution < 1.29 is 4.79 Å². The largest absolute Gasteiger partial charge is 0.298 e. The molecule has 0 bridgehead atoms. The maximum Gasteiger partial charge on any atom is 0.146 e. The van der Waals surface area contributed by atoms with E-state index in [0.29, 0.717) is 5.41 Å². The second kappa shape index (κ2) is 4.12. The lowest BCUT2D eigenvalue weighted by Gasteiger charge is -2.31. The fraction of sp³-hybridized carbons (Fsp3) is 0.615. The number of carbonyl (C=O) groups excluding carboxylic acids is 1. The number of aldehydes is 1. The highest BCUT2D eigenvalue weighted by Crippen LogP contribution is 2.39. The molecular formula is C13H20O. The molecule has 0 N–H and O–H groups in total. The summed E-state index contributed by atoms with van der Waals surface area (Å²) in [5.74, 6) is 0. The van der Waals surface area contributed by atoms with Gasteiger partial charge in [-0.1, -0.05) is 32.4 Å². The van der Waals surface area contributed by atoms with Gasteiger partial charge in [-0.15, -0.1) is 0 Å². The molecule has 14 heavy (non-hydrogen) atoms. The van der Waals surface area contributed by atoms with Gasteiger partial charge in [-0.3, -0.25) is 4.79 Å². The molecule has 78 valence electrons. The van der Waals surface area contributed by atoms with Crippen LogP contribution in [0, 0.1) is 5.41 Å². The van der Waals surface area contributed by atoms with E-state index in [2.05, 4.69) is 26.8 Å². The van der Waals surface area contributed by atoms with Gasteiger partial charge in [0.05, 0.1) is 0 Å². The number of rotatable bonds is 2. The van der Waals surface area contributed by atoms with Gasteiger partial charge in [0.2, 0.25) is 0 Å². The van der Waals surface area contributed by atoms with Gasteiger partial charge >= 0.3 is 0 Å². The van der Waals surface area contributed by atoms with Crippen LogP contribution in [-0.4, -0.2) is 6.29 Å². The number of carbonyl (C=O) groups is 1. The summed E-state index contributed by atoms with van der Waals surface area (Å²) in [7, 11) is 0. The highest BCUT2D eigenvalue weighted by molar-refractivity contribution is 5.74. The Balaban J connectivity index is 3.05. The highest BCUT2D eigenvalue weighted by atomic mass is 16.1. The van der Waals surface area contributed by atoms with Crippen molar-refractivity contribution in [3.05, 3.63) is 22.8 Å². The summed E-state index contributed by atoms with van der Waals surface area (Å²) in [6.07, 6.45) is 6.48. The molecule has 1 heteroatoms. The average molecular weight is 192 g/mol. The summed E-state index contributed by atoms with van der Waals surface area (Å²) in [5, 5.41) is 0. The van der Waals surface area contributed by atoms with Gasteiger partial charge < -0.3 is 0 Å². The number of hydrogen-bond donors (Lipinski definition) is 0. The molecule has 0 aromatic heterocycles. The van der Waals surface area contributed by atoms with E-state index in [0.717, 1.165) is 24.7 Å². The third-order valence-electron chi connectivity index (χ3n) is 2.89. The molecular weight excluding hydrogens is 172 g/mol. The lowest BCUT2D eigenvalue weighted by atomic mass is 9.74. The first-order chi connectivity index (χ1) is 6.48. The summed E-state index contributed by atoms with van der Waals surface area (Å²) < 4.78 is 0. The minimum absolute atomic E-state index is 0.319. The smallest absolute Gasteiger partial charge is 0.146 e. The Morgan fingerprint density at radius 1 is 1.50 bits per heavy atom. The Hall–Kier alpha value is -0.850. The van der Waals surface area contributed by atoms with Crippen molar-refractivity contribution in [2.45, 2.75) is 47.0 Å². The minimum atomic E-state index is 0.319. The minimum Gasteiger partial charge on any atom is -0.298 e. The SMILES string of the molecule is CCC1=C/C(=C(\C)C=O)CC(C)(C)C1. The van der Waals surface area contributed by atoms with E-state index in [4.69, 9.17) is 0 Å². The third kappa shape index (κ3) is 2.57. The molecule has 0 saturated carbocycles. The first-order valence-electron chi connectivity index (χ1n) is 5.33. The zero-order chi connectivity index (χ0) is 10.8. The van der Waals surface area contributed by atoms with Crippen molar-refractivity contribution in [1.29, 1.82) is 0 Å². The fourth-order valence-electron chi connectivity index (χ4n) is 2.10. The summed E-state index contributed by atoms with van der Waals surface area (Å²) in [6.45, 7) is 8.64. The Labute approximate surface area is 86.9 Å². The average Bonchev–Trinajstić information content (AvgIpc) is 2.14. The second-order valence-corrected chi connectivity index (χ2v) is 5.00. The van der Waals surface area contributed by atoms with E-state index in [-0.39, 0.29) is 0 Å². The van der Waals surface area contributed by atoms with Crippen LogP contribution in [0.5, 0.6) is 0 Å². The van der Waals surface area contributed by atoms with Gasteiger partial charge in [0.25, 0.3) is 0 Å². The van der Waals surface area contributed by atoms with E-state index < -0.39 is 0 Å². The fourth-order valence-corrected chi connectivity index (χ4v) is 2.10. The zero-order valence-corrected chi connectivity index (χ0v) is 9.68. The Morgan fingerprint density at radius 3 is 2.64 bits per heavy atom. The maximum absolute atomic E-state index is 10.7. The molecule has 0 aromatic rings. The van der Waals surface area contributed by atoms with Crippen molar-refractivity contribution in [3.8, 4) is 0 Å². The monoisotopic (exact) mass is 192 g/mol. The maximum atomic E-state index is 10.7. The molecule has 1 nitrogen and oxygen atoms in total. The molecule has 0 radical (unpaired) electrons. The van der Waals surface area contributed by atoms with Crippen LogP contribution in [0.4, 0.5) is 0 Å². The van der Waals surface area contributed by atoms with Gasteiger partial charge in [-0.2, -0.15) is 0 Å². The highest BCUT2D eigenvalue weighted by Gasteiger charge is 2.25. The Kier molecular flexibility index (Phi) is 3.30. The normalized spacial score (nSPS) is 24.1. The first-order valence-corrected chi connectivity index (χ1v) is 5.33. The van der Waals surface area contributed by atoms with E-state index in [1.54, 1.807) is 0 Å². The lowest BCUT2D eigenvalue weighted by Crippen LogP contribution is -2.18. The van der Waals surface area contributed by atoms with Crippen molar-refractivity contribution in [3.63, 3.8) is 0 Å². The predicted molar refractivity (Wildman–Crippen MR) is 60.2 cm³/mol. The molecule has 0 unspecified atom stereocenters. The lowest BCUT2D eigenvalue weighted by molar-refractivity contribution is -0.104. The van der Waals surface area contributed by atoms with Crippen LogP contribution in [0.3, 0.4) is 0 Å². The van der Waals surface area contributed by atoms with E-state index in [1.807, 2.05) is 6.92 Å². The second-order valence-electron chi connectivity index (χ2n) is 5.00. The molecule has 0 saturated heterocycles. The van der Waals surface area contributed by atoms with Crippen LogP contribution in [0.15, 0.2) is 22.8 Å². The van der Waals surface area contributed by atoms with E-state index in [1.165, 1.54) is 17.6 Å². The quantitative estimate of drug-likeness (QED) is 0.482. The van der Waals surface area contributed by atoms with Crippen molar-refractivity contribution in [1.82, 2.24) is 0 Å². The van der Waals surface area contributed by atoms with Crippen LogP contribution >= 0.6 is 0 Å². The Morgan fingerprint density at radius 2 is 2.14 bits per heavy atom. The first kappa shape index (κ1) is 11.2. The number of allylic oxidation sites excluding steroid dienone is 4. The van der Waals surface area contributed by atoms with Crippen LogP contribution in [-0.2, 0) is 4.79 Å². The van der Waals surface area contributed by atoms with Crippen LogP contribution in [0.2, 0.25) is 0 Å². The molecule has 0 fully saturated rings.